The van der Waals surface area contributed by atoms with Crippen LogP contribution in [0.4, 0.5) is 10.8 Å². The molecule has 124 valence electrons. The maximum Gasteiger partial charge on any atom is 0.210 e. The molecule has 0 saturated heterocycles. The maximum absolute atomic E-state index is 11.9. The van der Waals surface area contributed by atoms with Crippen molar-refractivity contribution < 1.29 is 4.79 Å². The smallest absolute Gasteiger partial charge is 0.210 e. The molecule has 2 aromatic rings. The molecule has 0 bridgehead atoms. The summed E-state index contributed by atoms with van der Waals surface area (Å²) in [4.78, 5) is 11.9. The van der Waals surface area contributed by atoms with Gasteiger partial charge in [0.1, 0.15) is 11.6 Å². The first kappa shape index (κ1) is 18.0. The largest absolute Gasteiger partial charge is 0.401 e. The highest BCUT2D eigenvalue weighted by Gasteiger charge is 2.14. The van der Waals surface area contributed by atoms with Crippen molar-refractivity contribution in [2.45, 2.75) is 24.6 Å². The Hall–Kier alpha value is -2.37. The third-order valence-electron chi connectivity index (χ3n) is 3.13. The van der Waals surface area contributed by atoms with Crippen LogP contribution in [-0.2, 0) is 11.2 Å². The van der Waals surface area contributed by atoms with E-state index in [1.807, 2.05) is 18.2 Å². The van der Waals surface area contributed by atoms with Crippen molar-refractivity contribution >= 4 is 39.7 Å². The minimum absolute atomic E-state index is 0.00128. The third-order valence-corrected chi connectivity index (χ3v) is 5.10. The summed E-state index contributed by atoms with van der Waals surface area (Å²) >= 11 is 2.60. The van der Waals surface area contributed by atoms with Crippen LogP contribution in [0.15, 0.2) is 39.9 Å². The predicted molar refractivity (Wildman–Crippen MR) is 97.2 cm³/mol. The first-order valence-corrected chi connectivity index (χ1v) is 9.05. The number of rotatable bonds is 7. The van der Waals surface area contributed by atoms with E-state index in [-0.39, 0.29) is 22.8 Å². The number of carbonyl (C=O) groups is 1. The van der Waals surface area contributed by atoms with Gasteiger partial charge in [-0.15, -0.1) is 10.2 Å². The quantitative estimate of drug-likeness (QED) is 0.444. The number of nitrogens with two attached hydrogens (primary N) is 1. The van der Waals surface area contributed by atoms with Crippen LogP contribution in [0.2, 0.25) is 0 Å². The molecule has 8 heteroatoms. The van der Waals surface area contributed by atoms with Crippen molar-refractivity contribution in [1.82, 2.24) is 10.2 Å². The van der Waals surface area contributed by atoms with Crippen LogP contribution in [0.25, 0.3) is 0 Å². The summed E-state index contributed by atoms with van der Waals surface area (Å²) in [5.41, 5.74) is 7.96. The fourth-order valence-corrected chi connectivity index (χ4v) is 3.48. The van der Waals surface area contributed by atoms with Crippen molar-refractivity contribution in [2.24, 2.45) is 5.73 Å². The number of allylic oxidation sites excluding steroid dienone is 2. The molecule has 1 heterocycles. The van der Waals surface area contributed by atoms with Gasteiger partial charge >= 0.3 is 0 Å². The molecular formula is C16H17N5OS2. The minimum atomic E-state index is -0.303. The second-order valence-corrected chi connectivity index (χ2v) is 7.13. The van der Waals surface area contributed by atoms with Crippen molar-refractivity contribution in [3.8, 4) is 6.07 Å². The molecule has 0 unspecified atom stereocenters. The lowest BCUT2D eigenvalue weighted by atomic mass is 10.1. The van der Waals surface area contributed by atoms with Gasteiger partial charge in [0.05, 0.1) is 5.75 Å². The zero-order chi connectivity index (χ0) is 17.5. The van der Waals surface area contributed by atoms with E-state index in [0.717, 1.165) is 12.1 Å². The van der Waals surface area contributed by atoms with Gasteiger partial charge in [-0.05, 0) is 31.0 Å². The van der Waals surface area contributed by atoms with Gasteiger partial charge in [-0.3, -0.25) is 4.79 Å². The number of carbonyl (C=O) groups excluding carboxylic acids is 1. The molecule has 2 rings (SSSR count). The van der Waals surface area contributed by atoms with Gasteiger partial charge < -0.3 is 11.1 Å². The maximum atomic E-state index is 11.9. The van der Waals surface area contributed by atoms with Crippen LogP contribution in [0, 0.1) is 11.3 Å². The summed E-state index contributed by atoms with van der Waals surface area (Å²) in [6.45, 7) is 3.65. The Morgan fingerprint density at radius 3 is 2.67 bits per heavy atom. The van der Waals surface area contributed by atoms with Crippen LogP contribution < -0.4 is 11.1 Å². The van der Waals surface area contributed by atoms with Crippen molar-refractivity contribution in [3.63, 3.8) is 0 Å². The molecule has 1 aromatic carbocycles. The highest BCUT2D eigenvalue weighted by atomic mass is 32.2. The lowest BCUT2D eigenvalue weighted by molar-refractivity contribution is -0.112. The predicted octanol–water partition coefficient (Wildman–Crippen LogP) is 3.26. The SMILES string of the molecule is CCc1ccc(Nc2nnc(SCC(=O)C(C#N)=C(C)N)s2)cc1. The first-order valence-electron chi connectivity index (χ1n) is 7.25. The standard InChI is InChI=1S/C16H17N5OS2/c1-3-11-4-6-12(7-5-11)19-15-20-21-16(24-15)23-9-14(22)13(8-17)10(2)18/h4-7H,3,9,18H2,1-2H3,(H,19,20). The first-order chi connectivity index (χ1) is 11.5. The number of Topliss-reactive ketones (excluding diaryl/α,β-unsaturated/α-hetero) is 1. The van der Waals surface area contributed by atoms with Gasteiger partial charge in [0, 0.05) is 11.4 Å². The number of anilines is 2. The third kappa shape index (κ3) is 4.81. The number of hydrogen-bond donors (Lipinski definition) is 2. The summed E-state index contributed by atoms with van der Waals surface area (Å²) in [6, 6.07) is 9.93. The number of thioether (sulfide) groups is 1. The van der Waals surface area contributed by atoms with Crippen LogP contribution in [0.5, 0.6) is 0 Å². The molecule has 24 heavy (non-hydrogen) atoms. The number of aryl methyl sites for hydroxylation is 1. The average Bonchev–Trinajstić information content (AvgIpc) is 3.01. The van der Waals surface area contributed by atoms with E-state index in [2.05, 4.69) is 34.6 Å². The number of ketones is 1. The molecule has 0 radical (unpaired) electrons. The van der Waals surface area contributed by atoms with Gasteiger partial charge in [-0.2, -0.15) is 5.26 Å². The van der Waals surface area contributed by atoms with E-state index in [0.29, 0.717) is 9.47 Å². The number of nitrogens with zero attached hydrogens (tertiary/aromatic N) is 3. The molecule has 0 aliphatic carbocycles. The van der Waals surface area contributed by atoms with E-state index in [4.69, 9.17) is 11.0 Å². The van der Waals surface area contributed by atoms with Crippen LogP contribution in [0.1, 0.15) is 19.4 Å². The summed E-state index contributed by atoms with van der Waals surface area (Å²) in [5.74, 6) is -0.195. The normalized spacial score (nSPS) is 11.5. The summed E-state index contributed by atoms with van der Waals surface area (Å²) in [7, 11) is 0. The molecule has 0 saturated carbocycles. The molecule has 0 amide bonds. The molecule has 0 aliphatic rings. The molecule has 3 N–H and O–H groups in total. The molecule has 1 aromatic heterocycles. The van der Waals surface area contributed by atoms with Gasteiger partial charge in [-0.25, -0.2) is 0 Å². The van der Waals surface area contributed by atoms with E-state index >= 15 is 0 Å². The molecule has 6 nitrogen and oxygen atoms in total. The van der Waals surface area contributed by atoms with Crippen molar-refractivity contribution in [3.05, 3.63) is 41.1 Å². The number of nitriles is 1. The monoisotopic (exact) mass is 359 g/mol. The Morgan fingerprint density at radius 2 is 2.08 bits per heavy atom. The zero-order valence-electron chi connectivity index (χ0n) is 13.4. The summed E-state index contributed by atoms with van der Waals surface area (Å²) < 4.78 is 0.656. The van der Waals surface area contributed by atoms with E-state index in [9.17, 15) is 4.79 Å². The second kappa shape index (κ2) is 8.47. The van der Waals surface area contributed by atoms with Gasteiger partial charge in [0.2, 0.25) is 5.13 Å². The number of benzene rings is 1. The fraction of sp³-hybridized carbons (Fsp3) is 0.250. The Balaban J connectivity index is 1.94. The van der Waals surface area contributed by atoms with E-state index in [1.54, 1.807) is 0 Å². The second-order valence-electron chi connectivity index (χ2n) is 4.93. The Labute approximate surface area is 148 Å². The van der Waals surface area contributed by atoms with Crippen LogP contribution in [-0.4, -0.2) is 21.7 Å². The Morgan fingerprint density at radius 1 is 1.38 bits per heavy atom. The lowest BCUT2D eigenvalue weighted by Gasteiger charge is -2.02. The van der Waals surface area contributed by atoms with Crippen molar-refractivity contribution in [2.75, 3.05) is 11.1 Å². The number of nitrogens with one attached hydrogen (secondary N) is 1. The number of hydrogen-bond acceptors (Lipinski definition) is 8. The minimum Gasteiger partial charge on any atom is -0.401 e. The molecular weight excluding hydrogens is 342 g/mol. The number of aromatic nitrogens is 2. The van der Waals surface area contributed by atoms with E-state index < -0.39 is 0 Å². The molecule has 0 fully saturated rings. The average molecular weight is 359 g/mol. The zero-order valence-corrected chi connectivity index (χ0v) is 15.0. The van der Waals surface area contributed by atoms with Crippen LogP contribution >= 0.6 is 23.1 Å². The van der Waals surface area contributed by atoms with Crippen molar-refractivity contribution in [1.29, 1.82) is 5.26 Å². The molecule has 0 spiro atoms. The van der Waals surface area contributed by atoms with Gasteiger partial charge in [-0.1, -0.05) is 42.2 Å². The van der Waals surface area contributed by atoms with Gasteiger partial charge in [0.25, 0.3) is 0 Å². The topological polar surface area (TPSA) is 105 Å². The lowest BCUT2D eigenvalue weighted by Crippen LogP contribution is -2.10. The Bertz CT molecular complexity index is 786. The summed E-state index contributed by atoms with van der Waals surface area (Å²) in [6.07, 6.45) is 0.995. The molecule has 0 atom stereocenters. The highest BCUT2D eigenvalue weighted by Crippen LogP contribution is 2.28. The summed E-state index contributed by atoms with van der Waals surface area (Å²) in [5, 5.41) is 20.8. The highest BCUT2D eigenvalue weighted by molar-refractivity contribution is 8.01. The fourth-order valence-electron chi connectivity index (χ4n) is 1.84. The van der Waals surface area contributed by atoms with E-state index in [1.165, 1.54) is 35.6 Å². The molecule has 0 aliphatic heterocycles. The Kier molecular flexibility index (Phi) is 6.35. The van der Waals surface area contributed by atoms with Crippen LogP contribution in [0.3, 0.4) is 0 Å². The van der Waals surface area contributed by atoms with Gasteiger partial charge in [0.15, 0.2) is 10.1 Å².